The quantitative estimate of drug-likeness (QED) is 0.372. The molecule has 2 aliphatic heterocycles. The number of methoxy groups -OCH3 is 1. The first-order chi connectivity index (χ1) is 15.9. The smallest absolute Gasteiger partial charge is 0.288 e. The number of benzene rings is 2. The lowest BCUT2D eigenvalue weighted by Gasteiger charge is -2.38. The van der Waals surface area contributed by atoms with E-state index in [1.54, 1.807) is 20.8 Å². The maximum Gasteiger partial charge on any atom is 0.288 e. The highest BCUT2D eigenvalue weighted by Crippen LogP contribution is 2.58. The molecule has 0 radical (unpaired) electrons. The van der Waals surface area contributed by atoms with E-state index in [1.165, 1.54) is 25.3 Å². The third-order valence-electron chi connectivity index (χ3n) is 6.24. The predicted molar refractivity (Wildman–Crippen MR) is 121 cm³/mol. The molecule has 0 spiro atoms. The van der Waals surface area contributed by atoms with Gasteiger partial charge in [0.25, 0.3) is 11.8 Å². The third-order valence-corrected chi connectivity index (χ3v) is 6.82. The molecule has 2 unspecified atom stereocenters. The summed E-state index contributed by atoms with van der Waals surface area (Å²) in [6, 6.07) is 4.32. The Morgan fingerprint density at radius 3 is 2.29 bits per heavy atom. The van der Waals surface area contributed by atoms with Crippen molar-refractivity contribution in [3.63, 3.8) is 0 Å². The van der Waals surface area contributed by atoms with Gasteiger partial charge in [-0.15, -0.1) is 0 Å². The average Bonchev–Trinajstić information content (AvgIpc) is 2.74. The molecule has 10 heteroatoms. The summed E-state index contributed by atoms with van der Waals surface area (Å²) in [7, 11) is 1.32. The van der Waals surface area contributed by atoms with Crippen molar-refractivity contribution in [2.75, 3.05) is 20.3 Å². The fraction of sp³-hybridized carbons (Fsp3) is 0.500. The molecule has 0 saturated carbocycles. The van der Waals surface area contributed by atoms with Crippen LogP contribution < -0.4 is 18.9 Å². The van der Waals surface area contributed by atoms with Crippen molar-refractivity contribution in [2.24, 2.45) is 5.92 Å². The summed E-state index contributed by atoms with van der Waals surface area (Å²) >= 11 is 12.8. The highest BCUT2D eigenvalue weighted by atomic mass is 35.5. The zero-order valence-electron chi connectivity index (χ0n) is 19.0. The minimum atomic E-state index is -3.19. The molecule has 2 aliphatic rings. The number of halogens is 6. The topological polar surface area (TPSA) is 36.9 Å². The molecule has 186 valence electrons. The molecular formula is C24H24Cl2F4O4. The van der Waals surface area contributed by atoms with Gasteiger partial charge in [-0.2, -0.15) is 0 Å². The number of hydrogen-bond acceptors (Lipinski definition) is 4. The lowest BCUT2D eigenvalue weighted by Crippen LogP contribution is -2.40. The maximum absolute atomic E-state index is 14.9. The third kappa shape index (κ3) is 4.02. The molecule has 2 atom stereocenters. The van der Waals surface area contributed by atoms with Crippen molar-refractivity contribution < 1.29 is 36.5 Å². The Hall–Kier alpha value is -2.06. The van der Waals surface area contributed by atoms with E-state index in [4.69, 9.17) is 42.1 Å². The van der Waals surface area contributed by atoms with Gasteiger partial charge in [0.2, 0.25) is 0 Å². The maximum atomic E-state index is 14.9. The highest BCUT2D eigenvalue weighted by Gasteiger charge is 2.51. The standard InChI is InChI=1S/C24H24Cl2F4O4/c1-5-12-17-15(32-9-23(12,27)28)7-6-13(25)21(17)34-16-8-14(26)20(31-4)18-19(11(2)3)24(29,30)10-33-22(16)18/h6-8,11-12,19H,5,9-10H2,1-4H3. The molecule has 2 heterocycles. The van der Waals surface area contributed by atoms with E-state index in [2.05, 4.69) is 0 Å². The van der Waals surface area contributed by atoms with Gasteiger partial charge in [-0.25, -0.2) is 17.6 Å². The SMILES string of the molecule is CCC1c2c(ccc(Cl)c2Oc2cc(Cl)c(OC)c3c2OCC(F)(F)C3C(C)C)OCC1(F)F. The van der Waals surface area contributed by atoms with Crippen LogP contribution in [0.5, 0.6) is 28.7 Å². The van der Waals surface area contributed by atoms with Gasteiger partial charge in [-0.1, -0.05) is 44.0 Å². The average molecular weight is 523 g/mol. The Morgan fingerprint density at radius 1 is 1.00 bits per heavy atom. The van der Waals surface area contributed by atoms with Crippen LogP contribution in [-0.2, 0) is 0 Å². The second-order valence-electron chi connectivity index (χ2n) is 8.80. The number of fused-ring (bicyclic) bond motifs is 2. The molecule has 0 saturated heterocycles. The summed E-state index contributed by atoms with van der Waals surface area (Å²) < 4.78 is 81.3. The van der Waals surface area contributed by atoms with E-state index in [-0.39, 0.29) is 56.3 Å². The Bertz CT molecular complexity index is 1110. The first-order valence-corrected chi connectivity index (χ1v) is 11.6. The van der Waals surface area contributed by atoms with Gasteiger partial charge in [-0.05, 0) is 24.5 Å². The van der Waals surface area contributed by atoms with E-state index in [0.29, 0.717) is 0 Å². The second-order valence-corrected chi connectivity index (χ2v) is 9.62. The molecular weight excluding hydrogens is 499 g/mol. The Morgan fingerprint density at radius 2 is 1.68 bits per heavy atom. The van der Waals surface area contributed by atoms with Crippen LogP contribution in [0.4, 0.5) is 17.6 Å². The first-order valence-electron chi connectivity index (χ1n) is 10.8. The van der Waals surface area contributed by atoms with Crippen molar-refractivity contribution in [1.29, 1.82) is 0 Å². The Kier molecular flexibility index (Phi) is 6.53. The lowest BCUT2D eigenvalue weighted by atomic mass is 9.80. The molecule has 0 bridgehead atoms. The minimum Gasteiger partial charge on any atom is -0.495 e. The highest BCUT2D eigenvalue weighted by molar-refractivity contribution is 6.33. The molecule has 34 heavy (non-hydrogen) atoms. The van der Waals surface area contributed by atoms with Crippen LogP contribution in [0.1, 0.15) is 50.2 Å². The second kappa shape index (κ2) is 8.86. The zero-order chi connectivity index (χ0) is 25.0. The van der Waals surface area contributed by atoms with Crippen LogP contribution in [0, 0.1) is 5.92 Å². The van der Waals surface area contributed by atoms with Crippen molar-refractivity contribution in [1.82, 2.24) is 0 Å². The summed E-state index contributed by atoms with van der Waals surface area (Å²) in [5.41, 5.74) is 0.166. The summed E-state index contributed by atoms with van der Waals surface area (Å²) in [6.45, 7) is 3.29. The molecule has 2 aromatic rings. The van der Waals surface area contributed by atoms with Crippen LogP contribution in [0.2, 0.25) is 10.0 Å². The number of rotatable bonds is 5. The molecule has 4 nitrogen and oxygen atoms in total. The first kappa shape index (κ1) is 25.0. The van der Waals surface area contributed by atoms with Gasteiger partial charge < -0.3 is 18.9 Å². The number of hydrogen-bond donors (Lipinski definition) is 0. The van der Waals surface area contributed by atoms with Gasteiger partial charge in [-0.3, -0.25) is 0 Å². The van der Waals surface area contributed by atoms with Crippen LogP contribution >= 0.6 is 23.2 Å². The Balaban J connectivity index is 1.92. The summed E-state index contributed by atoms with van der Waals surface area (Å²) in [5.74, 6) is -9.14. The van der Waals surface area contributed by atoms with Gasteiger partial charge >= 0.3 is 0 Å². The normalized spacial score (nSPS) is 22.3. The fourth-order valence-electron chi connectivity index (χ4n) is 4.83. The van der Waals surface area contributed by atoms with E-state index in [0.717, 1.165) is 0 Å². The molecule has 0 aromatic heterocycles. The molecule has 0 N–H and O–H groups in total. The van der Waals surface area contributed by atoms with Crippen LogP contribution in [-0.4, -0.2) is 32.2 Å². The molecule has 0 amide bonds. The van der Waals surface area contributed by atoms with Gasteiger partial charge in [0.05, 0.1) is 34.6 Å². The predicted octanol–water partition coefficient (Wildman–Crippen LogP) is 8.08. The van der Waals surface area contributed by atoms with Crippen molar-refractivity contribution in [2.45, 2.75) is 50.9 Å². The van der Waals surface area contributed by atoms with Crippen molar-refractivity contribution >= 4 is 23.2 Å². The Labute approximate surface area is 205 Å². The summed E-state index contributed by atoms with van der Waals surface area (Å²) in [4.78, 5) is 0. The van der Waals surface area contributed by atoms with Crippen LogP contribution in [0.25, 0.3) is 0 Å². The molecule has 0 aliphatic carbocycles. The number of ether oxygens (including phenoxy) is 4. The lowest BCUT2D eigenvalue weighted by molar-refractivity contribution is -0.0894. The van der Waals surface area contributed by atoms with Gasteiger partial charge in [0, 0.05) is 11.6 Å². The van der Waals surface area contributed by atoms with E-state index >= 15 is 0 Å². The van der Waals surface area contributed by atoms with Crippen LogP contribution in [0.3, 0.4) is 0 Å². The van der Waals surface area contributed by atoms with E-state index in [1.807, 2.05) is 0 Å². The largest absolute Gasteiger partial charge is 0.495 e. The van der Waals surface area contributed by atoms with Gasteiger partial charge in [0.1, 0.15) is 11.5 Å². The minimum absolute atomic E-state index is 0.0103. The number of alkyl halides is 4. The monoisotopic (exact) mass is 522 g/mol. The van der Waals surface area contributed by atoms with Crippen molar-refractivity contribution in [3.8, 4) is 28.7 Å². The molecule has 0 fully saturated rings. The summed E-state index contributed by atoms with van der Waals surface area (Å²) in [5, 5.41) is 0.0680. The summed E-state index contributed by atoms with van der Waals surface area (Å²) in [6.07, 6.45) is 0.0969. The molecule has 4 rings (SSSR count). The zero-order valence-corrected chi connectivity index (χ0v) is 20.5. The fourth-order valence-corrected chi connectivity index (χ4v) is 5.31. The van der Waals surface area contributed by atoms with E-state index in [9.17, 15) is 17.6 Å². The van der Waals surface area contributed by atoms with Gasteiger partial charge in [0.15, 0.2) is 30.5 Å². The molecule has 2 aromatic carbocycles. The van der Waals surface area contributed by atoms with Crippen LogP contribution in [0.15, 0.2) is 18.2 Å². The van der Waals surface area contributed by atoms with E-state index < -0.39 is 42.8 Å². The van der Waals surface area contributed by atoms with Crippen molar-refractivity contribution in [3.05, 3.63) is 39.4 Å².